The van der Waals surface area contributed by atoms with E-state index in [0.29, 0.717) is 12.4 Å². The van der Waals surface area contributed by atoms with Crippen LogP contribution in [0.1, 0.15) is 10.7 Å². The van der Waals surface area contributed by atoms with Gasteiger partial charge in [0.1, 0.15) is 0 Å². The van der Waals surface area contributed by atoms with Crippen molar-refractivity contribution in [1.29, 1.82) is 0 Å². The van der Waals surface area contributed by atoms with Crippen molar-refractivity contribution in [2.75, 3.05) is 0 Å². The molecule has 2 rings (SSSR count). The number of halogens is 1. The molecule has 14 heavy (non-hydrogen) atoms. The van der Waals surface area contributed by atoms with Crippen LogP contribution in [0.2, 0.25) is 0 Å². The number of nitrogens with one attached hydrogen (secondary N) is 2. The Morgan fingerprint density at radius 3 is 3.00 bits per heavy atom. The van der Waals surface area contributed by atoms with Crippen LogP contribution in [0.15, 0.2) is 15.9 Å². The van der Waals surface area contributed by atoms with Gasteiger partial charge in [0.2, 0.25) is 0 Å². The summed E-state index contributed by atoms with van der Waals surface area (Å²) in [7, 11) is 0. The Bertz CT molecular complexity index is 384. The van der Waals surface area contributed by atoms with Crippen LogP contribution in [0, 0.1) is 0 Å². The molecule has 0 spiro atoms. The van der Waals surface area contributed by atoms with E-state index in [2.05, 4.69) is 47.9 Å². The predicted octanol–water partition coefficient (Wildman–Crippen LogP) is 1.31. The highest BCUT2D eigenvalue weighted by atomic mass is 79.9. The average molecular weight is 274 g/mol. The second kappa shape index (κ2) is 4.63. The molecule has 0 aliphatic rings. The van der Waals surface area contributed by atoms with E-state index in [4.69, 9.17) is 0 Å². The maximum Gasteiger partial charge on any atom is 0.188 e. The molecular weight excluding hydrogens is 266 g/mol. The highest BCUT2D eigenvalue weighted by molar-refractivity contribution is 9.11. The summed E-state index contributed by atoms with van der Waals surface area (Å²) in [4.78, 5) is 1.28. The van der Waals surface area contributed by atoms with Gasteiger partial charge in [-0.15, -0.1) is 21.5 Å². The van der Waals surface area contributed by atoms with E-state index in [-0.39, 0.29) is 0 Å². The number of rotatable bonds is 4. The summed E-state index contributed by atoms with van der Waals surface area (Å²) < 4.78 is 1.15. The SMILES string of the molecule is Brc1ccc(CNCc2nn[nH]n2)s1. The molecule has 0 aliphatic carbocycles. The average Bonchev–Trinajstić information content (AvgIpc) is 2.77. The van der Waals surface area contributed by atoms with Gasteiger partial charge < -0.3 is 5.32 Å². The lowest BCUT2D eigenvalue weighted by molar-refractivity contribution is 0.669. The van der Waals surface area contributed by atoms with E-state index in [9.17, 15) is 0 Å². The van der Waals surface area contributed by atoms with Crippen molar-refractivity contribution >= 4 is 27.3 Å². The van der Waals surface area contributed by atoms with Crippen LogP contribution in [0.5, 0.6) is 0 Å². The lowest BCUT2D eigenvalue weighted by Crippen LogP contribution is -2.12. The molecule has 0 aliphatic heterocycles. The Morgan fingerprint density at radius 1 is 1.43 bits per heavy atom. The van der Waals surface area contributed by atoms with Crippen LogP contribution >= 0.6 is 27.3 Å². The van der Waals surface area contributed by atoms with Gasteiger partial charge >= 0.3 is 0 Å². The second-order valence-electron chi connectivity index (χ2n) is 2.64. The van der Waals surface area contributed by atoms with Crippen molar-refractivity contribution in [3.8, 4) is 0 Å². The van der Waals surface area contributed by atoms with Crippen molar-refractivity contribution in [3.05, 3.63) is 26.6 Å². The Balaban J connectivity index is 1.78. The van der Waals surface area contributed by atoms with Crippen molar-refractivity contribution in [2.24, 2.45) is 0 Å². The van der Waals surface area contributed by atoms with Crippen LogP contribution in [0.3, 0.4) is 0 Å². The fraction of sp³-hybridized carbons (Fsp3) is 0.286. The normalized spacial score (nSPS) is 10.6. The van der Waals surface area contributed by atoms with E-state index in [1.807, 2.05) is 6.07 Å². The third kappa shape index (κ3) is 2.60. The standard InChI is InChI=1S/C7H8BrN5S/c8-6-2-1-5(14-6)3-9-4-7-10-12-13-11-7/h1-2,9H,3-4H2,(H,10,11,12,13). The lowest BCUT2D eigenvalue weighted by Gasteiger charge is -1.97. The number of aromatic nitrogens is 4. The molecule has 2 N–H and O–H groups in total. The summed E-state index contributed by atoms with van der Waals surface area (Å²) in [6.45, 7) is 1.46. The lowest BCUT2D eigenvalue weighted by atomic mass is 10.4. The summed E-state index contributed by atoms with van der Waals surface area (Å²) in [5.41, 5.74) is 0. The van der Waals surface area contributed by atoms with E-state index >= 15 is 0 Å². The number of aromatic amines is 1. The Hall–Kier alpha value is -0.790. The maximum atomic E-state index is 3.84. The first-order chi connectivity index (χ1) is 6.84. The van der Waals surface area contributed by atoms with Crippen molar-refractivity contribution < 1.29 is 0 Å². The second-order valence-corrected chi connectivity index (χ2v) is 5.18. The first kappa shape index (κ1) is 9.75. The fourth-order valence-corrected chi connectivity index (χ4v) is 2.45. The molecule has 2 aromatic heterocycles. The smallest absolute Gasteiger partial charge is 0.188 e. The van der Waals surface area contributed by atoms with Crippen LogP contribution in [0.25, 0.3) is 0 Å². The quantitative estimate of drug-likeness (QED) is 0.882. The van der Waals surface area contributed by atoms with Crippen LogP contribution in [0.4, 0.5) is 0 Å². The summed E-state index contributed by atoms with van der Waals surface area (Å²) in [6, 6.07) is 4.12. The maximum absolute atomic E-state index is 3.84. The Morgan fingerprint density at radius 2 is 2.36 bits per heavy atom. The summed E-state index contributed by atoms with van der Waals surface area (Å²) >= 11 is 5.13. The molecule has 2 aromatic rings. The highest BCUT2D eigenvalue weighted by Gasteiger charge is 1.99. The highest BCUT2D eigenvalue weighted by Crippen LogP contribution is 2.21. The van der Waals surface area contributed by atoms with E-state index in [1.54, 1.807) is 11.3 Å². The minimum absolute atomic E-state index is 0.631. The molecule has 0 aromatic carbocycles. The summed E-state index contributed by atoms with van der Waals surface area (Å²) in [6.07, 6.45) is 0. The molecule has 0 amide bonds. The van der Waals surface area contributed by atoms with Crippen molar-refractivity contribution in [3.63, 3.8) is 0 Å². The number of thiophene rings is 1. The molecule has 0 bridgehead atoms. The van der Waals surface area contributed by atoms with E-state index < -0.39 is 0 Å². The number of nitrogens with zero attached hydrogens (tertiary/aromatic N) is 3. The third-order valence-electron chi connectivity index (χ3n) is 1.60. The zero-order chi connectivity index (χ0) is 9.80. The molecule has 0 unspecified atom stereocenters. The van der Waals surface area contributed by atoms with Gasteiger partial charge in [-0.1, -0.05) is 5.21 Å². The molecule has 0 saturated carbocycles. The Kier molecular flexibility index (Phi) is 3.22. The van der Waals surface area contributed by atoms with Gasteiger partial charge in [-0.2, -0.15) is 5.21 Å². The van der Waals surface area contributed by atoms with Crippen molar-refractivity contribution in [1.82, 2.24) is 25.9 Å². The zero-order valence-corrected chi connectivity index (χ0v) is 9.60. The van der Waals surface area contributed by atoms with Gasteiger partial charge in [-0.25, -0.2) is 0 Å². The number of tetrazole rings is 1. The first-order valence-corrected chi connectivity index (χ1v) is 5.63. The largest absolute Gasteiger partial charge is 0.305 e. The van der Waals surface area contributed by atoms with Crippen LogP contribution in [-0.4, -0.2) is 20.6 Å². The van der Waals surface area contributed by atoms with Crippen molar-refractivity contribution in [2.45, 2.75) is 13.1 Å². The van der Waals surface area contributed by atoms with Crippen LogP contribution < -0.4 is 5.32 Å². The van der Waals surface area contributed by atoms with Gasteiger partial charge in [0.25, 0.3) is 0 Å². The van der Waals surface area contributed by atoms with E-state index in [0.717, 1.165) is 10.3 Å². The van der Waals surface area contributed by atoms with Crippen LogP contribution in [-0.2, 0) is 13.1 Å². The molecule has 7 heteroatoms. The molecule has 2 heterocycles. The molecule has 74 valence electrons. The Labute approximate surface area is 93.0 Å². The van der Waals surface area contributed by atoms with Gasteiger partial charge in [0, 0.05) is 11.4 Å². The first-order valence-electron chi connectivity index (χ1n) is 4.02. The molecule has 0 radical (unpaired) electrons. The molecule has 5 nitrogen and oxygen atoms in total. The van der Waals surface area contributed by atoms with Gasteiger partial charge in [0.05, 0.1) is 10.3 Å². The molecular formula is C7H8BrN5S. The number of hydrogen-bond donors (Lipinski definition) is 2. The number of H-pyrrole nitrogens is 1. The van der Waals surface area contributed by atoms with Gasteiger partial charge in [-0.3, -0.25) is 0 Å². The monoisotopic (exact) mass is 273 g/mol. The molecule has 0 saturated heterocycles. The van der Waals surface area contributed by atoms with E-state index in [1.165, 1.54) is 4.88 Å². The number of hydrogen-bond acceptors (Lipinski definition) is 5. The summed E-state index contributed by atoms with van der Waals surface area (Å²) in [5.74, 6) is 0.681. The fourth-order valence-electron chi connectivity index (χ4n) is 1.00. The predicted molar refractivity (Wildman–Crippen MR) is 56.7 cm³/mol. The van der Waals surface area contributed by atoms with Gasteiger partial charge in [-0.05, 0) is 28.1 Å². The molecule has 0 fully saturated rings. The van der Waals surface area contributed by atoms with Gasteiger partial charge in [0.15, 0.2) is 5.82 Å². The third-order valence-corrected chi connectivity index (χ3v) is 3.22. The molecule has 0 atom stereocenters. The topological polar surface area (TPSA) is 66.5 Å². The summed E-state index contributed by atoms with van der Waals surface area (Å²) in [5, 5.41) is 16.8. The zero-order valence-electron chi connectivity index (χ0n) is 7.20. The minimum Gasteiger partial charge on any atom is -0.305 e. The minimum atomic E-state index is 0.631.